The van der Waals surface area contributed by atoms with E-state index in [1.54, 1.807) is 30.0 Å². The molecule has 3 aromatic carbocycles. The summed E-state index contributed by atoms with van der Waals surface area (Å²) in [6.07, 6.45) is 0.520. The number of aryl methyl sites for hydroxylation is 1. The van der Waals surface area contributed by atoms with Gasteiger partial charge in [0.2, 0.25) is 0 Å². The number of hydrogen-bond donors (Lipinski definition) is 0. The zero-order valence-corrected chi connectivity index (χ0v) is 18.5. The highest BCUT2D eigenvalue weighted by Gasteiger charge is 2.16. The van der Waals surface area contributed by atoms with Crippen molar-refractivity contribution in [2.24, 2.45) is 0 Å². The van der Waals surface area contributed by atoms with Gasteiger partial charge in [0.25, 0.3) is 0 Å². The van der Waals surface area contributed by atoms with Crippen LogP contribution in [0.3, 0.4) is 0 Å². The second-order valence-electron chi connectivity index (χ2n) is 6.91. The summed E-state index contributed by atoms with van der Waals surface area (Å²) in [4.78, 5) is 0. The van der Waals surface area contributed by atoms with Crippen LogP contribution in [0.25, 0.3) is 5.69 Å². The molecule has 0 unspecified atom stereocenters. The fourth-order valence-corrected chi connectivity index (χ4v) is 4.27. The van der Waals surface area contributed by atoms with Gasteiger partial charge in [-0.3, -0.25) is 4.57 Å². The van der Waals surface area contributed by atoms with E-state index < -0.39 is 0 Å². The lowest BCUT2D eigenvalue weighted by Crippen LogP contribution is -2.04. The molecule has 0 atom stereocenters. The van der Waals surface area contributed by atoms with Crippen LogP contribution >= 0.6 is 35.0 Å². The Bertz CT molecular complexity index is 1160. The van der Waals surface area contributed by atoms with Crippen LogP contribution in [0, 0.1) is 12.7 Å². The van der Waals surface area contributed by atoms with Crippen LogP contribution in [-0.2, 0) is 12.2 Å². The molecule has 0 aliphatic carbocycles. The first-order valence-electron chi connectivity index (χ1n) is 9.32. The molecule has 0 saturated heterocycles. The molecule has 30 heavy (non-hydrogen) atoms. The van der Waals surface area contributed by atoms with Crippen LogP contribution in [0.5, 0.6) is 0 Å². The Morgan fingerprint density at radius 3 is 2.27 bits per heavy atom. The lowest BCUT2D eigenvalue weighted by molar-refractivity contribution is 0.627. The third-order valence-electron chi connectivity index (χ3n) is 4.62. The van der Waals surface area contributed by atoms with Crippen molar-refractivity contribution in [1.82, 2.24) is 14.8 Å². The lowest BCUT2D eigenvalue weighted by atomic mass is 10.1. The van der Waals surface area contributed by atoms with Gasteiger partial charge in [-0.1, -0.05) is 70.9 Å². The van der Waals surface area contributed by atoms with Crippen molar-refractivity contribution < 1.29 is 4.39 Å². The predicted molar refractivity (Wildman–Crippen MR) is 121 cm³/mol. The van der Waals surface area contributed by atoms with Gasteiger partial charge < -0.3 is 0 Å². The van der Waals surface area contributed by atoms with Gasteiger partial charge >= 0.3 is 0 Å². The topological polar surface area (TPSA) is 30.7 Å². The molecule has 152 valence electrons. The molecule has 0 aliphatic rings. The maximum atomic E-state index is 13.5. The lowest BCUT2D eigenvalue weighted by Gasteiger charge is -2.11. The molecule has 0 fully saturated rings. The van der Waals surface area contributed by atoms with Gasteiger partial charge in [0, 0.05) is 17.9 Å². The maximum Gasteiger partial charge on any atom is 0.196 e. The van der Waals surface area contributed by atoms with Gasteiger partial charge in [0.15, 0.2) is 5.16 Å². The Morgan fingerprint density at radius 2 is 1.57 bits per heavy atom. The first-order valence-corrected chi connectivity index (χ1v) is 11.1. The fraction of sp³-hybridized carbons (Fsp3) is 0.130. The van der Waals surface area contributed by atoms with Crippen molar-refractivity contribution in [3.8, 4) is 5.69 Å². The number of benzene rings is 3. The predicted octanol–water partition coefficient (Wildman–Crippen LogP) is 6.90. The van der Waals surface area contributed by atoms with Crippen LogP contribution < -0.4 is 0 Å². The van der Waals surface area contributed by atoms with E-state index in [-0.39, 0.29) is 5.82 Å². The second-order valence-corrected chi connectivity index (χ2v) is 8.67. The molecule has 0 radical (unpaired) electrons. The Hall–Kier alpha value is -2.34. The Labute approximate surface area is 188 Å². The van der Waals surface area contributed by atoms with E-state index in [0.29, 0.717) is 16.5 Å². The minimum Gasteiger partial charge on any atom is -0.274 e. The number of thioether (sulfide) groups is 1. The molecule has 0 amide bonds. The molecular formula is C23H18Cl2FN3S. The maximum absolute atomic E-state index is 13.5. The number of rotatable bonds is 6. The molecule has 0 saturated carbocycles. The Balaban J connectivity index is 1.66. The quantitative estimate of drug-likeness (QED) is 0.294. The molecule has 0 spiro atoms. The average Bonchev–Trinajstić information content (AvgIpc) is 3.13. The summed E-state index contributed by atoms with van der Waals surface area (Å²) in [5, 5.41) is 10.6. The second kappa shape index (κ2) is 9.21. The van der Waals surface area contributed by atoms with Crippen LogP contribution in [0.4, 0.5) is 4.39 Å². The van der Waals surface area contributed by atoms with Crippen molar-refractivity contribution in [2.75, 3.05) is 0 Å². The van der Waals surface area contributed by atoms with E-state index in [1.165, 1.54) is 23.3 Å². The third kappa shape index (κ3) is 4.86. The zero-order valence-electron chi connectivity index (χ0n) is 16.1. The van der Waals surface area contributed by atoms with Crippen molar-refractivity contribution in [1.29, 1.82) is 0 Å². The summed E-state index contributed by atoms with van der Waals surface area (Å²) >= 11 is 13.8. The van der Waals surface area contributed by atoms with Gasteiger partial charge in [0.05, 0.1) is 10.0 Å². The number of aromatic nitrogens is 3. The highest BCUT2D eigenvalue weighted by molar-refractivity contribution is 7.98. The van der Waals surface area contributed by atoms with Crippen LogP contribution in [-0.4, -0.2) is 14.8 Å². The first kappa shape index (κ1) is 20.9. The van der Waals surface area contributed by atoms with Crippen molar-refractivity contribution in [3.63, 3.8) is 0 Å². The van der Waals surface area contributed by atoms with Crippen LogP contribution in [0.15, 0.2) is 71.9 Å². The largest absolute Gasteiger partial charge is 0.274 e. The van der Waals surface area contributed by atoms with Crippen molar-refractivity contribution >= 4 is 35.0 Å². The fourth-order valence-electron chi connectivity index (χ4n) is 3.02. The monoisotopic (exact) mass is 457 g/mol. The van der Waals surface area contributed by atoms with Gasteiger partial charge in [-0.15, -0.1) is 10.2 Å². The smallest absolute Gasteiger partial charge is 0.196 e. The Kier molecular flexibility index (Phi) is 6.42. The van der Waals surface area contributed by atoms with Gasteiger partial charge in [-0.2, -0.15) is 0 Å². The summed E-state index contributed by atoms with van der Waals surface area (Å²) < 4.78 is 15.4. The van der Waals surface area contributed by atoms with Crippen molar-refractivity contribution in [3.05, 3.63) is 105 Å². The standard InChI is InChI=1S/C23H18Cl2FN3S/c1-15-2-4-16(5-3-15)14-30-23-28-27-22(13-17-6-11-20(24)21(25)12-17)29(23)19-9-7-18(26)8-10-19/h2-12H,13-14H2,1H3. The normalized spacial score (nSPS) is 11.1. The van der Waals surface area contributed by atoms with E-state index in [9.17, 15) is 4.39 Å². The molecule has 4 aromatic rings. The number of nitrogens with zero attached hydrogens (tertiary/aromatic N) is 3. The Morgan fingerprint density at radius 1 is 0.867 bits per heavy atom. The SMILES string of the molecule is Cc1ccc(CSc2nnc(Cc3ccc(Cl)c(Cl)c3)n2-c2ccc(F)cc2)cc1. The van der Waals surface area contributed by atoms with E-state index in [4.69, 9.17) is 23.2 Å². The van der Waals surface area contributed by atoms with Crippen molar-refractivity contribution in [2.45, 2.75) is 24.3 Å². The minimum atomic E-state index is -0.285. The summed E-state index contributed by atoms with van der Waals surface area (Å²) in [6.45, 7) is 2.07. The first-order chi connectivity index (χ1) is 14.5. The van der Waals surface area contributed by atoms with Gasteiger partial charge in [-0.25, -0.2) is 4.39 Å². The summed E-state index contributed by atoms with van der Waals surface area (Å²) in [6, 6.07) is 20.2. The summed E-state index contributed by atoms with van der Waals surface area (Å²) in [7, 11) is 0. The molecule has 3 nitrogen and oxygen atoms in total. The third-order valence-corrected chi connectivity index (χ3v) is 6.36. The minimum absolute atomic E-state index is 0.285. The van der Waals surface area contributed by atoms with E-state index >= 15 is 0 Å². The van der Waals surface area contributed by atoms with Gasteiger partial charge in [-0.05, 0) is 54.4 Å². The van der Waals surface area contributed by atoms with E-state index in [1.807, 2.05) is 16.7 Å². The molecule has 4 rings (SSSR count). The molecule has 7 heteroatoms. The molecule has 1 heterocycles. The molecular weight excluding hydrogens is 440 g/mol. The summed E-state index contributed by atoms with van der Waals surface area (Å²) in [5.74, 6) is 1.21. The molecule has 0 aliphatic heterocycles. The number of hydrogen-bond acceptors (Lipinski definition) is 3. The van der Waals surface area contributed by atoms with Gasteiger partial charge in [0.1, 0.15) is 11.6 Å². The van der Waals surface area contributed by atoms with Crippen LogP contribution in [0.2, 0.25) is 10.0 Å². The highest BCUT2D eigenvalue weighted by Crippen LogP contribution is 2.28. The van der Waals surface area contributed by atoms with Crippen LogP contribution in [0.1, 0.15) is 22.5 Å². The molecule has 0 bridgehead atoms. The molecule has 1 aromatic heterocycles. The van der Waals surface area contributed by atoms with E-state index in [2.05, 4.69) is 41.4 Å². The summed E-state index contributed by atoms with van der Waals surface area (Å²) in [5.41, 5.74) is 4.20. The number of halogens is 3. The molecule has 0 N–H and O–H groups in total. The van der Waals surface area contributed by atoms with E-state index in [0.717, 1.165) is 28.0 Å². The average molecular weight is 458 g/mol. The zero-order chi connectivity index (χ0) is 21.1. The highest BCUT2D eigenvalue weighted by atomic mass is 35.5.